The summed E-state index contributed by atoms with van der Waals surface area (Å²) in [6.45, 7) is 5.80. The largest absolute Gasteiger partial charge is 0.322 e. The number of halogens is 2. The van der Waals surface area contributed by atoms with E-state index in [0.717, 1.165) is 16.9 Å². The number of anilines is 1. The summed E-state index contributed by atoms with van der Waals surface area (Å²) in [5, 5.41) is 7.79. The van der Waals surface area contributed by atoms with Gasteiger partial charge in [-0.1, -0.05) is 31.5 Å². The van der Waals surface area contributed by atoms with Gasteiger partial charge in [0, 0.05) is 10.7 Å². The van der Waals surface area contributed by atoms with E-state index in [1.54, 1.807) is 22.9 Å². The third-order valence-electron chi connectivity index (χ3n) is 4.12. The van der Waals surface area contributed by atoms with Crippen LogP contribution >= 0.6 is 11.6 Å². The minimum atomic E-state index is -0.396. The van der Waals surface area contributed by atoms with E-state index >= 15 is 0 Å². The molecule has 1 aromatic heterocycles. The number of carbonyl (C=O) groups excluding carboxylic acids is 1. The molecule has 134 valence electrons. The fourth-order valence-electron chi connectivity index (χ4n) is 2.80. The number of aromatic nitrogens is 2. The molecule has 6 heteroatoms. The third-order valence-corrected chi connectivity index (χ3v) is 4.37. The summed E-state index contributed by atoms with van der Waals surface area (Å²) in [5.41, 5.74) is 3.29. The van der Waals surface area contributed by atoms with E-state index in [1.807, 2.05) is 32.9 Å². The Balaban J connectivity index is 1.98. The molecule has 0 atom stereocenters. The van der Waals surface area contributed by atoms with Crippen LogP contribution in [0.3, 0.4) is 0 Å². The zero-order valence-electron chi connectivity index (χ0n) is 14.8. The highest BCUT2D eigenvalue weighted by Gasteiger charge is 2.21. The monoisotopic (exact) mass is 371 g/mol. The van der Waals surface area contributed by atoms with E-state index in [-0.39, 0.29) is 11.8 Å². The number of nitrogens with zero attached hydrogens (tertiary/aromatic N) is 2. The van der Waals surface area contributed by atoms with Gasteiger partial charge < -0.3 is 5.32 Å². The Hall–Kier alpha value is -2.66. The minimum Gasteiger partial charge on any atom is -0.322 e. The lowest BCUT2D eigenvalue weighted by molar-refractivity contribution is 0.102. The summed E-state index contributed by atoms with van der Waals surface area (Å²) in [4.78, 5) is 12.8. The third kappa shape index (κ3) is 3.63. The second-order valence-electron chi connectivity index (χ2n) is 6.40. The van der Waals surface area contributed by atoms with Crippen molar-refractivity contribution in [1.82, 2.24) is 9.78 Å². The molecule has 4 nitrogen and oxygen atoms in total. The molecule has 0 radical (unpaired) electrons. The van der Waals surface area contributed by atoms with Crippen LogP contribution in [0.1, 0.15) is 41.4 Å². The van der Waals surface area contributed by atoms with Crippen molar-refractivity contribution in [1.29, 1.82) is 0 Å². The van der Waals surface area contributed by atoms with E-state index in [0.29, 0.717) is 16.3 Å². The zero-order chi connectivity index (χ0) is 18.8. The molecule has 0 unspecified atom stereocenters. The Morgan fingerprint density at radius 2 is 1.88 bits per heavy atom. The SMILES string of the molecule is Cc1ccc(F)cc1NC(=O)c1cnn(-c2ccc(Cl)cc2)c1C(C)C. The Morgan fingerprint density at radius 1 is 1.19 bits per heavy atom. The summed E-state index contributed by atoms with van der Waals surface area (Å²) < 4.78 is 15.2. The van der Waals surface area contributed by atoms with E-state index in [4.69, 9.17) is 11.6 Å². The maximum absolute atomic E-state index is 13.5. The number of hydrogen-bond donors (Lipinski definition) is 1. The number of benzene rings is 2. The van der Waals surface area contributed by atoms with E-state index in [2.05, 4.69) is 10.4 Å². The fourth-order valence-corrected chi connectivity index (χ4v) is 2.92. The maximum atomic E-state index is 13.5. The van der Waals surface area contributed by atoms with Crippen molar-refractivity contribution in [2.45, 2.75) is 26.7 Å². The number of aryl methyl sites for hydroxylation is 1. The molecule has 3 rings (SSSR count). The van der Waals surface area contributed by atoms with Crippen LogP contribution in [0.15, 0.2) is 48.7 Å². The Bertz CT molecular complexity index is 948. The summed E-state index contributed by atoms with van der Waals surface area (Å²) >= 11 is 5.95. The van der Waals surface area contributed by atoms with Crippen molar-refractivity contribution in [3.8, 4) is 5.69 Å². The van der Waals surface area contributed by atoms with Gasteiger partial charge in [0.1, 0.15) is 5.82 Å². The molecule has 0 aliphatic carbocycles. The molecule has 2 aromatic carbocycles. The van der Waals surface area contributed by atoms with Gasteiger partial charge in [-0.2, -0.15) is 5.10 Å². The topological polar surface area (TPSA) is 46.9 Å². The standard InChI is InChI=1S/C20H19ClFN3O/c1-12(2)19-17(11-23-25(19)16-8-5-14(21)6-9-16)20(26)24-18-10-15(22)7-4-13(18)3/h4-12H,1-3H3,(H,24,26). The Labute approximate surface area is 156 Å². The minimum absolute atomic E-state index is 0.0579. The van der Waals surface area contributed by atoms with Gasteiger partial charge in [0.25, 0.3) is 5.91 Å². The second kappa shape index (κ2) is 7.30. The summed E-state index contributed by atoms with van der Waals surface area (Å²) in [6, 6.07) is 11.6. The van der Waals surface area contributed by atoms with Crippen LogP contribution in [0.25, 0.3) is 5.69 Å². The highest BCUT2D eigenvalue weighted by Crippen LogP contribution is 2.25. The number of hydrogen-bond acceptors (Lipinski definition) is 2. The smallest absolute Gasteiger partial charge is 0.259 e. The average molecular weight is 372 g/mol. The van der Waals surface area contributed by atoms with Crippen molar-refractivity contribution in [3.63, 3.8) is 0 Å². The van der Waals surface area contributed by atoms with Crippen molar-refractivity contribution in [2.24, 2.45) is 0 Å². The van der Waals surface area contributed by atoms with Crippen LogP contribution in [0.2, 0.25) is 5.02 Å². The number of carbonyl (C=O) groups is 1. The van der Waals surface area contributed by atoms with Crippen LogP contribution in [0.4, 0.5) is 10.1 Å². The molecule has 1 heterocycles. The van der Waals surface area contributed by atoms with Crippen LogP contribution < -0.4 is 5.32 Å². The van der Waals surface area contributed by atoms with E-state index < -0.39 is 5.82 Å². The first-order chi connectivity index (χ1) is 12.4. The van der Waals surface area contributed by atoms with E-state index in [9.17, 15) is 9.18 Å². The molecule has 0 spiro atoms. The number of rotatable bonds is 4. The molecule has 0 bridgehead atoms. The first kappa shape index (κ1) is 18.1. The Kier molecular flexibility index (Phi) is 5.09. The quantitative estimate of drug-likeness (QED) is 0.672. The van der Waals surface area contributed by atoms with Gasteiger partial charge in [0.05, 0.1) is 23.1 Å². The molecule has 3 aromatic rings. The lowest BCUT2D eigenvalue weighted by Gasteiger charge is -2.14. The lowest BCUT2D eigenvalue weighted by atomic mass is 10.0. The first-order valence-corrected chi connectivity index (χ1v) is 8.66. The zero-order valence-corrected chi connectivity index (χ0v) is 15.5. The van der Waals surface area contributed by atoms with Crippen LogP contribution in [-0.4, -0.2) is 15.7 Å². The van der Waals surface area contributed by atoms with Crippen LogP contribution in [0, 0.1) is 12.7 Å². The van der Waals surface area contributed by atoms with Gasteiger partial charge in [-0.25, -0.2) is 9.07 Å². The molecule has 26 heavy (non-hydrogen) atoms. The number of nitrogens with one attached hydrogen (secondary N) is 1. The highest BCUT2D eigenvalue weighted by atomic mass is 35.5. The van der Waals surface area contributed by atoms with Crippen LogP contribution in [0.5, 0.6) is 0 Å². The van der Waals surface area contributed by atoms with Crippen molar-refractivity contribution in [2.75, 3.05) is 5.32 Å². The lowest BCUT2D eigenvalue weighted by Crippen LogP contribution is -2.16. The molecule has 0 aliphatic heterocycles. The molecule has 0 aliphatic rings. The molecular weight excluding hydrogens is 353 g/mol. The maximum Gasteiger partial charge on any atom is 0.259 e. The molecule has 0 fully saturated rings. The van der Waals surface area contributed by atoms with Gasteiger partial charge in [-0.3, -0.25) is 4.79 Å². The van der Waals surface area contributed by atoms with Crippen molar-refractivity contribution < 1.29 is 9.18 Å². The average Bonchev–Trinajstić information content (AvgIpc) is 3.04. The van der Waals surface area contributed by atoms with Gasteiger partial charge in [0.15, 0.2) is 0 Å². The molecule has 1 N–H and O–H groups in total. The van der Waals surface area contributed by atoms with Crippen molar-refractivity contribution >= 4 is 23.2 Å². The fraction of sp³-hybridized carbons (Fsp3) is 0.200. The normalized spacial score (nSPS) is 11.0. The van der Waals surface area contributed by atoms with Gasteiger partial charge in [-0.15, -0.1) is 0 Å². The van der Waals surface area contributed by atoms with Crippen LogP contribution in [-0.2, 0) is 0 Å². The van der Waals surface area contributed by atoms with Gasteiger partial charge in [-0.05, 0) is 54.8 Å². The second-order valence-corrected chi connectivity index (χ2v) is 6.84. The highest BCUT2D eigenvalue weighted by molar-refractivity contribution is 6.30. The van der Waals surface area contributed by atoms with Gasteiger partial charge >= 0.3 is 0 Å². The molecule has 0 saturated carbocycles. The van der Waals surface area contributed by atoms with Crippen molar-refractivity contribution in [3.05, 3.63) is 76.3 Å². The van der Waals surface area contributed by atoms with Gasteiger partial charge in [0.2, 0.25) is 0 Å². The molecule has 0 saturated heterocycles. The first-order valence-electron chi connectivity index (χ1n) is 8.28. The molecule has 1 amide bonds. The number of amides is 1. The predicted octanol–water partition coefficient (Wildman–Crippen LogP) is 5.35. The summed E-state index contributed by atoms with van der Waals surface area (Å²) in [6.07, 6.45) is 1.54. The van der Waals surface area contributed by atoms with E-state index in [1.165, 1.54) is 18.3 Å². The molecular formula is C20H19ClFN3O. The Morgan fingerprint density at radius 3 is 2.54 bits per heavy atom. The summed E-state index contributed by atoms with van der Waals surface area (Å²) in [7, 11) is 0. The summed E-state index contributed by atoms with van der Waals surface area (Å²) in [5.74, 6) is -0.656. The predicted molar refractivity (Wildman–Crippen MR) is 102 cm³/mol.